The summed E-state index contributed by atoms with van der Waals surface area (Å²) < 4.78 is 10.9. The summed E-state index contributed by atoms with van der Waals surface area (Å²) in [6.45, 7) is -2.48. The summed E-state index contributed by atoms with van der Waals surface area (Å²) in [4.78, 5) is 29.6. The van der Waals surface area contributed by atoms with Crippen molar-refractivity contribution in [2.24, 2.45) is 0 Å². The smallest absolute Gasteiger partial charge is 0.430 e. The van der Waals surface area contributed by atoms with Crippen molar-refractivity contribution in [2.75, 3.05) is 13.1 Å². The van der Waals surface area contributed by atoms with E-state index in [0.717, 1.165) is 5.56 Å². The van der Waals surface area contributed by atoms with Gasteiger partial charge in [-0.05, 0) is 29.7 Å². The first-order chi connectivity index (χ1) is 13.8. The predicted molar refractivity (Wildman–Crippen MR) is 99.0 cm³/mol. The van der Waals surface area contributed by atoms with E-state index in [1.54, 1.807) is 29.4 Å². The van der Waals surface area contributed by atoms with Crippen molar-refractivity contribution >= 4 is 18.6 Å². The van der Waals surface area contributed by atoms with Gasteiger partial charge in [0, 0.05) is 12.4 Å². The largest absolute Gasteiger partial charge is 0.669 e. The van der Waals surface area contributed by atoms with E-state index in [2.05, 4.69) is 4.98 Å². The Morgan fingerprint density at radius 3 is 2.79 bits per heavy atom. The summed E-state index contributed by atoms with van der Waals surface area (Å²) in [6.07, 6.45) is 3.37. The van der Waals surface area contributed by atoms with Crippen LogP contribution >= 0.6 is 0 Å². The molecule has 0 radical (unpaired) electrons. The fraction of sp³-hybridized carbons (Fsp3) is 0.316. The zero-order valence-electron chi connectivity index (χ0n) is 15.5. The molecule has 1 aromatic carbocycles. The minimum absolute atomic E-state index is 0.0154. The van der Waals surface area contributed by atoms with Crippen LogP contribution in [-0.2, 0) is 17.6 Å². The zero-order valence-corrected chi connectivity index (χ0v) is 15.5. The lowest BCUT2D eigenvalue weighted by molar-refractivity contribution is -0.255. The molecule has 0 bridgehead atoms. The molecule has 10 heteroatoms. The van der Waals surface area contributed by atoms with E-state index < -0.39 is 12.7 Å². The van der Waals surface area contributed by atoms with Crippen molar-refractivity contribution in [2.45, 2.75) is 25.3 Å². The van der Waals surface area contributed by atoms with Crippen molar-refractivity contribution < 1.29 is 34.1 Å². The zero-order chi connectivity index (χ0) is 20.6. The number of fused-ring (bicyclic) bond motifs is 1. The molecular weight excluding hydrogens is 379 g/mol. The molecule has 2 aliphatic rings. The van der Waals surface area contributed by atoms with Crippen LogP contribution in [0.2, 0.25) is 6.32 Å². The minimum Gasteiger partial charge on any atom is -0.669 e. The number of rotatable bonds is 5. The number of carbonyl (C=O) groups excluding carboxylic acids is 2. The van der Waals surface area contributed by atoms with Gasteiger partial charge in [-0.3, -0.25) is 9.78 Å². The molecular formula is C19H19BN2O7-2. The highest BCUT2D eigenvalue weighted by molar-refractivity contribution is 6.59. The van der Waals surface area contributed by atoms with Gasteiger partial charge in [0.2, 0.25) is 5.91 Å². The van der Waals surface area contributed by atoms with Crippen LogP contribution in [0.4, 0.5) is 0 Å². The lowest BCUT2D eigenvalue weighted by Gasteiger charge is -2.41. The van der Waals surface area contributed by atoms with Gasteiger partial charge < -0.3 is 34.2 Å². The van der Waals surface area contributed by atoms with Gasteiger partial charge >= 0.3 is 6.75 Å². The molecule has 0 saturated carbocycles. The first-order valence-corrected chi connectivity index (χ1v) is 9.32. The molecule has 1 fully saturated rings. The van der Waals surface area contributed by atoms with Crippen LogP contribution in [0.3, 0.4) is 0 Å². The van der Waals surface area contributed by atoms with Crippen LogP contribution in [0.5, 0.6) is 11.5 Å². The normalized spacial score (nSPS) is 17.7. The number of likely N-dealkylation sites (tertiary alicyclic amines) is 1. The molecule has 4 rings (SSSR count). The number of aromatic carboxylic acids is 1. The molecule has 1 amide bonds. The van der Waals surface area contributed by atoms with Crippen LogP contribution in [0.15, 0.2) is 36.7 Å². The minimum atomic E-state index is -3.12. The Balaban J connectivity index is 1.43. The van der Waals surface area contributed by atoms with Gasteiger partial charge in [0.15, 0.2) is 0 Å². The lowest BCUT2D eigenvalue weighted by atomic mass is 9.70. The quantitative estimate of drug-likeness (QED) is 0.622. The fourth-order valence-corrected chi connectivity index (χ4v) is 3.51. The van der Waals surface area contributed by atoms with Crippen molar-refractivity contribution in [1.82, 2.24) is 9.88 Å². The Kier molecular flexibility index (Phi) is 4.89. The summed E-state index contributed by atoms with van der Waals surface area (Å²) in [5.41, 5.74) is 1.00. The van der Waals surface area contributed by atoms with Crippen LogP contribution in [-0.4, -0.2) is 57.8 Å². The van der Waals surface area contributed by atoms with Crippen LogP contribution in [0, 0.1) is 0 Å². The second-order valence-corrected chi connectivity index (χ2v) is 7.31. The molecule has 2 N–H and O–H groups in total. The third-order valence-corrected chi connectivity index (χ3v) is 5.07. The molecule has 0 atom stereocenters. The van der Waals surface area contributed by atoms with Gasteiger partial charge in [-0.25, -0.2) is 0 Å². The van der Waals surface area contributed by atoms with Crippen molar-refractivity contribution in [1.29, 1.82) is 0 Å². The summed E-state index contributed by atoms with van der Waals surface area (Å²) in [5, 5.41) is 31.2. The monoisotopic (exact) mass is 398 g/mol. The second kappa shape index (κ2) is 7.38. The van der Waals surface area contributed by atoms with Gasteiger partial charge in [0.1, 0.15) is 11.9 Å². The maximum absolute atomic E-state index is 12.3. The number of ether oxygens (including phenoxy) is 1. The molecule has 0 spiro atoms. The van der Waals surface area contributed by atoms with E-state index >= 15 is 0 Å². The molecule has 1 saturated heterocycles. The number of benzene rings is 1. The SMILES string of the molecule is O=C([O-])c1c(OC2CN(C(=O)Cc3cccnc3)C2)ccc2c1O[B-](O)(O)CC2. The molecule has 0 aliphatic carbocycles. The number of aromatic nitrogens is 1. The molecule has 1 aromatic heterocycles. The second-order valence-electron chi connectivity index (χ2n) is 7.31. The molecule has 2 aromatic rings. The number of hydrogen-bond acceptors (Lipinski definition) is 8. The van der Waals surface area contributed by atoms with E-state index in [1.807, 2.05) is 6.07 Å². The number of amides is 1. The summed E-state index contributed by atoms with van der Waals surface area (Å²) in [5.74, 6) is -1.72. The first-order valence-electron chi connectivity index (χ1n) is 9.32. The fourth-order valence-electron chi connectivity index (χ4n) is 3.51. The van der Waals surface area contributed by atoms with Crippen molar-refractivity contribution in [3.8, 4) is 11.5 Å². The number of aryl methyl sites for hydroxylation is 1. The average Bonchev–Trinajstić information content (AvgIpc) is 2.63. The average molecular weight is 398 g/mol. The van der Waals surface area contributed by atoms with Gasteiger partial charge in [0.05, 0.1) is 36.8 Å². The summed E-state index contributed by atoms with van der Waals surface area (Å²) >= 11 is 0. The number of nitrogens with zero attached hydrogens (tertiary/aromatic N) is 2. The Labute approximate surface area is 166 Å². The number of carbonyl (C=O) groups is 2. The molecule has 3 heterocycles. The number of pyridine rings is 1. The maximum Gasteiger partial charge on any atom is 0.430 e. The van der Waals surface area contributed by atoms with E-state index in [9.17, 15) is 24.7 Å². The number of carboxylic acid groups (broad SMARTS) is 1. The molecule has 0 unspecified atom stereocenters. The van der Waals surface area contributed by atoms with Crippen molar-refractivity contribution in [3.63, 3.8) is 0 Å². The molecule has 9 nitrogen and oxygen atoms in total. The van der Waals surface area contributed by atoms with Crippen LogP contribution < -0.4 is 14.5 Å². The van der Waals surface area contributed by atoms with E-state index in [0.29, 0.717) is 18.7 Å². The number of carboxylic acids is 1. The Morgan fingerprint density at radius 2 is 2.10 bits per heavy atom. The van der Waals surface area contributed by atoms with Gasteiger partial charge in [-0.2, -0.15) is 0 Å². The van der Waals surface area contributed by atoms with Gasteiger partial charge in [-0.1, -0.05) is 18.5 Å². The highest BCUT2D eigenvalue weighted by Crippen LogP contribution is 2.38. The number of hydrogen-bond donors (Lipinski definition) is 2. The third kappa shape index (κ3) is 4.03. The third-order valence-electron chi connectivity index (χ3n) is 5.07. The topological polar surface area (TPSA) is 132 Å². The highest BCUT2D eigenvalue weighted by Gasteiger charge is 2.35. The van der Waals surface area contributed by atoms with E-state index in [1.165, 1.54) is 6.07 Å². The lowest BCUT2D eigenvalue weighted by Crippen LogP contribution is -2.56. The van der Waals surface area contributed by atoms with Crippen LogP contribution in [0.1, 0.15) is 21.5 Å². The van der Waals surface area contributed by atoms with E-state index in [-0.39, 0.29) is 48.2 Å². The Hall–Kier alpha value is -3.11. The Bertz CT molecular complexity index is 945. The summed E-state index contributed by atoms with van der Waals surface area (Å²) in [6, 6.07) is 6.72. The van der Waals surface area contributed by atoms with Gasteiger partial charge in [0.25, 0.3) is 0 Å². The van der Waals surface area contributed by atoms with Crippen LogP contribution in [0.25, 0.3) is 0 Å². The van der Waals surface area contributed by atoms with Gasteiger partial charge in [-0.15, -0.1) is 0 Å². The first kappa shape index (κ1) is 19.2. The summed E-state index contributed by atoms with van der Waals surface area (Å²) in [7, 11) is 0. The van der Waals surface area contributed by atoms with E-state index in [4.69, 9.17) is 9.39 Å². The molecule has 2 aliphatic heterocycles. The Morgan fingerprint density at radius 1 is 1.31 bits per heavy atom. The molecule has 152 valence electrons. The standard InChI is InChI=1S/C19H20BN2O7/c23-16(8-12-2-1-7-21-9-12)22-10-14(11-22)28-15-4-3-13-5-6-20(26,27)29-18(13)17(15)19(24)25/h1-4,7,9,14,26-27H,5-6,8,10-11H2,(H,24,25)/q-1/p-1. The predicted octanol–water partition coefficient (Wildman–Crippen LogP) is -0.864. The maximum atomic E-state index is 12.3. The van der Waals surface area contributed by atoms with Crippen molar-refractivity contribution in [3.05, 3.63) is 53.3 Å². The highest BCUT2D eigenvalue weighted by atomic mass is 16.6. The molecule has 29 heavy (non-hydrogen) atoms.